The van der Waals surface area contributed by atoms with Gasteiger partial charge in [-0.25, -0.2) is 14.3 Å². The first-order chi connectivity index (χ1) is 19.0. The molecule has 0 aliphatic carbocycles. The molecule has 15 heteroatoms. The van der Waals surface area contributed by atoms with Crippen LogP contribution in [-0.2, 0) is 10.1 Å². The van der Waals surface area contributed by atoms with E-state index in [1.54, 1.807) is 36.4 Å². The van der Waals surface area contributed by atoms with E-state index in [-0.39, 0.29) is 28.1 Å². The Labute approximate surface area is 225 Å². The second-order valence-electron chi connectivity index (χ2n) is 8.08. The maximum atomic E-state index is 13.8. The van der Waals surface area contributed by atoms with Gasteiger partial charge in [-0.2, -0.15) is 17.8 Å². The number of para-hydroxylation sites is 2. The Morgan fingerprint density at radius 3 is 2.48 bits per heavy atom. The number of methoxy groups -OCH3 is 1. The molecule has 40 heavy (non-hydrogen) atoms. The molecule has 3 aromatic carbocycles. The molecule has 0 amide bonds. The largest absolute Gasteiger partial charge is 0.494 e. The minimum atomic E-state index is -4.02. The van der Waals surface area contributed by atoms with E-state index in [0.717, 1.165) is 17.7 Å². The molecule has 0 spiro atoms. The predicted octanol–water partition coefficient (Wildman–Crippen LogP) is 4.41. The number of nitro benzene ring substituents is 1. The molecule has 2 N–H and O–H groups in total. The molecule has 206 valence electrons. The molecule has 0 saturated heterocycles. The van der Waals surface area contributed by atoms with E-state index in [1.807, 2.05) is 6.92 Å². The van der Waals surface area contributed by atoms with Gasteiger partial charge in [0.1, 0.15) is 11.6 Å². The average molecular weight is 570 g/mol. The summed E-state index contributed by atoms with van der Waals surface area (Å²) >= 11 is 0. The van der Waals surface area contributed by atoms with Crippen molar-refractivity contribution >= 4 is 38.5 Å². The minimum Gasteiger partial charge on any atom is -0.494 e. The number of nitrogens with one attached hydrogen (secondary N) is 1. The molecule has 0 saturated carbocycles. The van der Waals surface area contributed by atoms with Gasteiger partial charge >= 0.3 is 11.4 Å². The van der Waals surface area contributed by atoms with Crippen molar-refractivity contribution in [1.82, 2.24) is 14.5 Å². The summed E-state index contributed by atoms with van der Waals surface area (Å²) in [6.45, 7) is 1.84. The number of ether oxygens (including phenoxy) is 1. The number of rotatable bonds is 6. The van der Waals surface area contributed by atoms with Crippen LogP contribution < -0.4 is 15.8 Å². The van der Waals surface area contributed by atoms with E-state index in [2.05, 4.69) is 15.3 Å². The van der Waals surface area contributed by atoms with E-state index in [1.165, 1.54) is 36.1 Å². The second kappa shape index (κ2) is 11.3. The van der Waals surface area contributed by atoms with Gasteiger partial charge in [0, 0.05) is 24.4 Å². The van der Waals surface area contributed by atoms with Crippen LogP contribution in [0.15, 0.2) is 87.0 Å². The van der Waals surface area contributed by atoms with Gasteiger partial charge in [0.2, 0.25) is 11.8 Å². The van der Waals surface area contributed by atoms with Crippen LogP contribution in [0.3, 0.4) is 0 Å². The van der Waals surface area contributed by atoms with Gasteiger partial charge in [-0.3, -0.25) is 14.7 Å². The molecule has 0 bridgehead atoms. The summed E-state index contributed by atoms with van der Waals surface area (Å²) in [4.78, 5) is 30.6. The lowest BCUT2D eigenvalue weighted by Gasteiger charge is -2.11. The molecule has 13 nitrogen and oxygen atoms in total. The van der Waals surface area contributed by atoms with Gasteiger partial charge in [0.25, 0.3) is 10.1 Å². The lowest BCUT2D eigenvalue weighted by Crippen LogP contribution is -2.14. The quantitative estimate of drug-likeness (QED) is 0.168. The number of halogens is 1. The Morgan fingerprint density at radius 2 is 1.82 bits per heavy atom. The zero-order chi connectivity index (χ0) is 29.0. The molecular formula is C25H20FN5O8S. The fourth-order valence-corrected chi connectivity index (χ4v) is 3.98. The van der Waals surface area contributed by atoms with Crippen LogP contribution in [0.2, 0.25) is 0 Å². The Morgan fingerprint density at radius 1 is 1.12 bits per heavy atom. The van der Waals surface area contributed by atoms with Gasteiger partial charge in [-0.05, 0) is 31.2 Å². The first-order valence-electron chi connectivity index (χ1n) is 11.2. The number of benzene rings is 3. The highest BCUT2D eigenvalue weighted by Crippen LogP contribution is 2.33. The Balaban J connectivity index is 0.000000283. The van der Waals surface area contributed by atoms with Crippen LogP contribution >= 0.6 is 0 Å². The number of anilines is 2. The number of hydrogen-bond acceptors (Lipinski definition) is 10. The number of fused-ring (bicyclic) bond motifs is 1. The molecule has 0 aliphatic rings. The third-order valence-corrected chi connectivity index (χ3v) is 6.25. The molecule has 5 rings (SSSR count). The van der Waals surface area contributed by atoms with Crippen LogP contribution in [0.5, 0.6) is 5.75 Å². The predicted molar refractivity (Wildman–Crippen MR) is 141 cm³/mol. The van der Waals surface area contributed by atoms with Crippen molar-refractivity contribution < 1.29 is 31.4 Å². The summed E-state index contributed by atoms with van der Waals surface area (Å²) < 4.78 is 54.9. The van der Waals surface area contributed by atoms with Gasteiger partial charge in [-0.1, -0.05) is 29.8 Å². The van der Waals surface area contributed by atoms with E-state index in [4.69, 9.17) is 13.7 Å². The third-order valence-electron chi connectivity index (χ3n) is 5.39. The lowest BCUT2D eigenvalue weighted by atomic mass is 10.2. The second-order valence-corrected chi connectivity index (χ2v) is 9.51. The maximum absolute atomic E-state index is 13.8. The molecule has 2 heterocycles. The molecule has 0 atom stereocenters. The van der Waals surface area contributed by atoms with Crippen LogP contribution in [0, 0.1) is 22.9 Å². The maximum Gasteiger partial charge on any atom is 0.425 e. The van der Waals surface area contributed by atoms with Gasteiger partial charge < -0.3 is 14.5 Å². The molecule has 0 unspecified atom stereocenters. The first-order valence-corrected chi connectivity index (χ1v) is 12.7. The number of oxazole rings is 1. The van der Waals surface area contributed by atoms with Gasteiger partial charge in [0.05, 0.1) is 28.1 Å². The SMILES string of the molecule is COc1cc(F)c([N+](=O)[O-])cc1Nc1nccc(-n2c(=O)oc3ccccc32)n1.Cc1ccc(S(=O)(=O)O)cc1. The average Bonchev–Trinajstić information content (AvgIpc) is 3.25. The van der Waals surface area contributed by atoms with Crippen molar-refractivity contribution in [2.24, 2.45) is 0 Å². The number of aryl methyl sites for hydroxylation is 1. The molecular weight excluding hydrogens is 549 g/mol. The van der Waals surface area contributed by atoms with Crippen LogP contribution in [0.1, 0.15) is 5.56 Å². The van der Waals surface area contributed by atoms with Crippen LogP contribution in [-0.4, -0.2) is 39.5 Å². The van der Waals surface area contributed by atoms with Crippen molar-refractivity contribution in [3.63, 3.8) is 0 Å². The van der Waals surface area contributed by atoms with Crippen LogP contribution in [0.25, 0.3) is 16.9 Å². The monoisotopic (exact) mass is 569 g/mol. The van der Waals surface area contributed by atoms with Crippen molar-refractivity contribution in [3.8, 4) is 11.6 Å². The number of nitro groups is 1. The van der Waals surface area contributed by atoms with Crippen molar-refractivity contribution in [1.29, 1.82) is 0 Å². The Bertz CT molecular complexity index is 1870. The fraction of sp³-hybridized carbons (Fsp3) is 0.0800. The highest BCUT2D eigenvalue weighted by atomic mass is 32.2. The summed E-state index contributed by atoms with van der Waals surface area (Å²) in [5.41, 5.74) is 1.21. The zero-order valence-corrected chi connectivity index (χ0v) is 21.6. The topological polar surface area (TPSA) is 180 Å². The summed E-state index contributed by atoms with van der Waals surface area (Å²) in [7, 11) is -2.73. The zero-order valence-electron chi connectivity index (χ0n) is 20.8. The van der Waals surface area contributed by atoms with E-state index in [0.29, 0.717) is 11.1 Å². The normalized spacial score (nSPS) is 11.0. The standard InChI is InChI=1S/C18H12FN5O5.C7H8O3S/c1-28-15-8-10(19)13(24(26)27)9-11(15)21-17-20-7-6-16(22-17)23-12-4-2-3-5-14(12)29-18(23)25;1-6-2-4-7(5-3-6)11(8,9)10/h2-9H,1H3,(H,20,21,22);2-5H,1H3,(H,8,9,10). The van der Waals surface area contributed by atoms with E-state index < -0.39 is 32.3 Å². The van der Waals surface area contributed by atoms with Gasteiger partial charge in [-0.15, -0.1) is 0 Å². The summed E-state index contributed by atoms with van der Waals surface area (Å²) in [5.74, 6) is -1.42. The molecule has 0 aliphatic heterocycles. The molecule has 2 aromatic heterocycles. The van der Waals surface area contributed by atoms with Gasteiger partial charge in [0.15, 0.2) is 5.58 Å². The fourth-order valence-electron chi connectivity index (χ4n) is 3.50. The van der Waals surface area contributed by atoms with Crippen LogP contribution in [0.4, 0.5) is 21.7 Å². The number of nitrogens with zero attached hydrogens (tertiary/aromatic N) is 4. The minimum absolute atomic E-state index is 0.0129. The lowest BCUT2D eigenvalue weighted by molar-refractivity contribution is -0.387. The molecule has 0 radical (unpaired) electrons. The van der Waals surface area contributed by atoms with E-state index in [9.17, 15) is 27.7 Å². The van der Waals surface area contributed by atoms with E-state index >= 15 is 0 Å². The summed E-state index contributed by atoms with van der Waals surface area (Å²) in [6, 6.07) is 16.2. The molecule has 5 aromatic rings. The number of hydrogen-bond donors (Lipinski definition) is 2. The number of aromatic nitrogens is 3. The highest BCUT2D eigenvalue weighted by Gasteiger charge is 2.20. The highest BCUT2D eigenvalue weighted by molar-refractivity contribution is 7.85. The smallest absolute Gasteiger partial charge is 0.425 e. The summed E-state index contributed by atoms with van der Waals surface area (Å²) in [5, 5.41) is 13.8. The summed E-state index contributed by atoms with van der Waals surface area (Å²) in [6.07, 6.45) is 1.39. The first kappa shape index (κ1) is 27.9. The Kier molecular flexibility index (Phi) is 7.88. The Hall–Kier alpha value is -5.15. The van der Waals surface area contributed by atoms with Crippen molar-refractivity contribution in [3.05, 3.63) is 105 Å². The molecule has 0 fully saturated rings. The third kappa shape index (κ3) is 6.11. The van der Waals surface area contributed by atoms with Crippen molar-refractivity contribution in [2.45, 2.75) is 11.8 Å². The van der Waals surface area contributed by atoms with Crippen molar-refractivity contribution in [2.75, 3.05) is 12.4 Å².